The van der Waals surface area contributed by atoms with Crippen LogP contribution in [0.25, 0.3) is 0 Å². The fourth-order valence-electron chi connectivity index (χ4n) is 0.834. The van der Waals surface area contributed by atoms with Crippen molar-refractivity contribution >= 4 is 11.8 Å². The minimum absolute atomic E-state index is 0.717. The van der Waals surface area contributed by atoms with Gasteiger partial charge in [0.1, 0.15) is 0 Å². The first-order chi connectivity index (χ1) is 6.36. The third-order valence-electron chi connectivity index (χ3n) is 1.53. The fourth-order valence-corrected chi connectivity index (χ4v) is 1.64. The second-order valence-corrected chi connectivity index (χ2v) is 3.74. The molecule has 1 rings (SSSR count). The minimum Gasteiger partial charge on any atom is -0.424 e. The first-order valence-electron chi connectivity index (χ1n) is 4.46. The summed E-state index contributed by atoms with van der Waals surface area (Å²) in [5.41, 5.74) is 5.37. The van der Waals surface area contributed by atoms with Gasteiger partial charge in [-0.25, -0.2) is 0 Å². The van der Waals surface area contributed by atoms with Crippen molar-refractivity contribution in [3.63, 3.8) is 0 Å². The number of thioether (sulfide) groups is 1. The van der Waals surface area contributed by atoms with Crippen molar-refractivity contribution in [2.45, 2.75) is 25.5 Å². The Labute approximate surface area is 82.3 Å². The van der Waals surface area contributed by atoms with E-state index in [1.807, 2.05) is 6.92 Å². The van der Waals surface area contributed by atoms with Crippen molar-refractivity contribution < 1.29 is 4.42 Å². The van der Waals surface area contributed by atoms with E-state index in [1.54, 1.807) is 11.8 Å². The van der Waals surface area contributed by atoms with E-state index < -0.39 is 0 Å². The summed E-state index contributed by atoms with van der Waals surface area (Å²) < 4.78 is 5.34. The summed E-state index contributed by atoms with van der Waals surface area (Å²) in [6.45, 7) is 2.75. The zero-order chi connectivity index (χ0) is 9.52. The molecule has 0 aliphatic carbocycles. The molecular formula is C8H15N3OS. The van der Waals surface area contributed by atoms with Crippen molar-refractivity contribution in [3.8, 4) is 0 Å². The normalized spacial score (nSPS) is 10.6. The highest BCUT2D eigenvalue weighted by atomic mass is 32.2. The van der Waals surface area contributed by atoms with Gasteiger partial charge in [-0.15, -0.1) is 10.2 Å². The Morgan fingerprint density at radius 1 is 1.38 bits per heavy atom. The molecule has 0 aliphatic heterocycles. The fraction of sp³-hybridized carbons (Fsp3) is 0.750. The van der Waals surface area contributed by atoms with Crippen LogP contribution in [0.4, 0.5) is 0 Å². The largest absolute Gasteiger partial charge is 0.424 e. The molecule has 0 saturated heterocycles. The van der Waals surface area contributed by atoms with Gasteiger partial charge in [0.2, 0.25) is 11.8 Å². The maximum absolute atomic E-state index is 5.37. The van der Waals surface area contributed by atoms with E-state index in [4.69, 9.17) is 10.2 Å². The third kappa shape index (κ3) is 3.78. The van der Waals surface area contributed by atoms with Gasteiger partial charge in [-0.1, -0.05) is 6.92 Å². The topological polar surface area (TPSA) is 64.9 Å². The van der Waals surface area contributed by atoms with E-state index in [0.717, 1.165) is 42.7 Å². The molecule has 0 saturated carbocycles. The molecule has 13 heavy (non-hydrogen) atoms. The standard InChI is InChI=1S/C8H15N3OS/c1-2-7-10-11-8(12-7)6-13-5-3-4-9/h2-6,9H2,1H3. The van der Waals surface area contributed by atoms with Gasteiger partial charge in [0, 0.05) is 6.42 Å². The van der Waals surface area contributed by atoms with Gasteiger partial charge in [0.05, 0.1) is 5.75 Å². The quantitative estimate of drug-likeness (QED) is 0.701. The van der Waals surface area contributed by atoms with Crippen molar-refractivity contribution in [2.24, 2.45) is 5.73 Å². The lowest BCUT2D eigenvalue weighted by molar-refractivity contribution is 0.470. The summed E-state index contributed by atoms with van der Waals surface area (Å²) in [5, 5.41) is 7.79. The molecule has 0 aromatic carbocycles. The molecule has 0 fully saturated rings. The first kappa shape index (κ1) is 10.5. The van der Waals surface area contributed by atoms with E-state index in [0.29, 0.717) is 0 Å². The molecule has 0 unspecified atom stereocenters. The second-order valence-electron chi connectivity index (χ2n) is 2.64. The first-order valence-corrected chi connectivity index (χ1v) is 5.61. The molecule has 0 amide bonds. The molecule has 1 heterocycles. The van der Waals surface area contributed by atoms with Crippen LogP contribution in [-0.2, 0) is 12.2 Å². The summed E-state index contributed by atoms with van der Waals surface area (Å²) >= 11 is 1.78. The van der Waals surface area contributed by atoms with Crippen molar-refractivity contribution in [1.29, 1.82) is 0 Å². The zero-order valence-corrected chi connectivity index (χ0v) is 8.64. The monoisotopic (exact) mass is 201 g/mol. The lowest BCUT2D eigenvalue weighted by Crippen LogP contribution is -1.99. The van der Waals surface area contributed by atoms with Crippen LogP contribution in [0, 0.1) is 0 Å². The second kappa shape index (κ2) is 5.99. The number of rotatable bonds is 6. The van der Waals surface area contributed by atoms with Crippen molar-refractivity contribution in [2.75, 3.05) is 12.3 Å². The van der Waals surface area contributed by atoms with Crippen molar-refractivity contribution in [3.05, 3.63) is 11.8 Å². The van der Waals surface area contributed by atoms with Crippen LogP contribution in [0.2, 0.25) is 0 Å². The smallest absolute Gasteiger partial charge is 0.226 e. The Balaban J connectivity index is 2.20. The van der Waals surface area contributed by atoms with Crippen LogP contribution < -0.4 is 5.73 Å². The molecule has 0 spiro atoms. The van der Waals surface area contributed by atoms with Crippen LogP contribution in [0.1, 0.15) is 25.1 Å². The minimum atomic E-state index is 0.717. The Morgan fingerprint density at radius 2 is 2.15 bits per heavy atom. The van der Waals surface area contributed by atoms with Crippen LogP contribution >= 0.6 is 11.8 Å². The van der Waals surface area contributed by atoms with Gasteiger partial charge in [0.15, 0.2) is 0 Å². The molecule has 0 atom stereocenters. The van der Waals surface area contributed by atoms with E-state index in [1.165, 1.54) is 0 Å². The lowest BCUT2D eigenvalue weighted by Gasteiger charge is -1.94. The maximum atomic E-state index is 5.37. The molecule has 1 aromatic heterocycles. The van der Waals surface area contributed by atoms with Crippen LogP contribution in [0.3, 0.4) is 0 Å². The number of aryl methyl sites for hydroxylation is 1. The molecule has 4 nitrogen and oxygen atoms in total. The van der Waals surface area contributed by atoms with Gasteiger partial charge in [-0.3, -0.25) is 0 Å². The summed E-state index contributed by atoms with van der Waals surface area (Å²) in [4.78, 5) is 0. The van der Waals surface area contributed by atoms with Gasteiger partial charge >= 0.3 is 0 Å². The molecule has 74 valence electrons. The molecule has 0 aliphatic rings. The van der Waals surface area contributed by atoms with E-state index >= 15 is 0 Å². The number of hydrogen-bond acceptors (Lipinski definition) is 5. The number of nitrogens with two attached hydrogens (primary N) is 1. The maximum Gasteiger partial charge on any atom is 0.226 e. The van der Waals surface area contributed by atoms with Crippen LogP contribution in [0.15, 0.2) is 4.42 Å². The summed E-state index contributed by atoms with van der Waals surface area (Å²) in [6, 6.07) is 0. The molecular weight excluding hydrogens is 186 g/mol. The molecule has 1 aromatic rings. The van der Waals surface area contributed by atoms with Gasteiger partial charge in [-0.2, -0.15) is 11.8 Å². The Hall–Kier alpha value is -0.550. The van der Waals surface area contributed by atoms with Crippen LogP contribution in [-0.4, -0.2) is 22.5 Å². The SMILES string of the molecule is CCc1nnc(CSCCCN)o1. The van der Waals surface area contributed by atoms with Gasteiger partial charge in [-0.05, 0) is 18.7 Å². The molecule has 0 radical (unpaired) electrons. The predicted molar refractivity (Wildman–Crippen MR) is 53.5 cm³/mol. The average Bonchev–Trinajstić information content (AvgIpc) is 2.60. The van der Waals surface area contributed by atoms with E-state index in [9.17, 15) is 0 Å². The van der Waals surface area contributed by atoms with E-state index in [-0.39, 0.29) is 0 Å². The summed E-state index contributed by atoms with van der Waals surface area (Å²) in [5.74, 6) is 3.29. The summed E-state index contributed by atoms with van der Waals surface area (Å²) in [7, 11) is 0. The molecule has 2 N–H and O–H groups in total. The Bertz CT molecular complexity index is 239. The Kier molecular flexibility index (Phi) is 4.85. The van der Waals surface area contributed by atoms with Crippen LogP contribution in [0.5, 0.6) is 0 Å². The predicted octanol–water partition coefficient (Wildman–Crippen LogP) is 1.21. The Morgan fingerprint density at radius 3 is 2.77 bits per heavy atom. The molecule has 0 bridgehead atoms. The number of hydrogen-bond donors (Lipinski definition) is 1. The number of aromatic nitrogens is 2. The zero-order valence-electron chi connectivity index (χ0n) is 7.82. The average molecular weight is 201 g/mol. The van der Waals surface area contributed by atoms with Gasteiger partial charge in [0.25, 0.3) is 0 Å². The highest BCUT2D eigenvalue weighted by molar-refractivity contribution is 7.98. The van der Waals surface area contributed by atoms with Crippen molar-refractivity contribution in [1.82, 2.24) is 10.2 Å². The third-order valence-corrected chi connectivity index (χ3v) is 2.56. The molecule has 5 heteroatoms. The highest BCUT2D eigenvalue weighted by Gasteiger charge is 2.02. The van der Waals surface area contributed by atoms with E-state index in [2.05, 4.69) is 10.2 Å². The highest BCUT2D eigenvalue weighted by Crippen LogP contribution is 2.11. The summed E-state index contributed by atoms with van der Waals surface area (Å²) in [6.07, 6.45) is 1.85. The number of nitrogens with zero attached hydrogens (tertiary/aromatic N) is 2. The lowest BCUT2D eigenvalue weighted by atomic mass is 10.5. The van der Waals surface area contributed by atoms with Gasteiger partial charge < -0.3 is 10.2 Å².